The summed E-state index contributed by atoms with van der Waals surface area (Å²) in [6.07, 6.45) is 0. The van der Waals surface area contributed by atoms with E-state index in [1.807, 2.05) is 0 Å². The van der Waals surface area contributed by atoms with Crippen LogP contribution < -0.4 is 16.2 Å². The van der Waals surface area contributed by atoms with E-state index in [9.17, 15) is 0 Å². The molecule has 0 amide bonds. The van der Waals surface area contributed by atoms with Crippen LogP contribution >= 0.6 is 0 Å². The van der Waals surface area contributed by atoms with Gasteiger partial charge in [0.15, 0.2) is 17.2 Å². The number of nitrogen functional groups attached to an aromatic ring is 2. The number of ether oxygens (including phenoxy) is 1. The molecule has 6 N–H and O–H groups in total. The first-order valence-electron chi connectivity index (χ1n) is 7.20. The van der Waals surface area contributed by atoms with Crippen molar-refractivity contribution in [3.8, 4) is 5.75 Å². The zero-order valence-corrected chi connectivity index (χ0v) is 13.6. The molecule has 0 unspecified atom stereocenters. The summed E-state index contributed by atoms with van der Waals surface area (Å²) in [7, 11) is 1.60. The molecule has 1 aromatic carbocycles. The molecular formula is C14H16N10O. The smallest absolute Gasteiger partial charge is 0.223 e. The Morgan fingerprint density at radius 3 is 2.28 bits per heavy atom. The number of anilines is 2. The number of rotatable bonds is 5. The molecule has 0 aliphatic rings. The van der Waals surface area contributed by atoms with Crippen LogP contribution in [0.15, 0.2) is 44.7 Å². The molecule has 11 nitrogen and oxygen atoms in total. The molecule has 0 saturated carbocycles. The van der Waals surface area contributed by atoms with Crippen LogP contribution in [0.25, 0.3) is 0 Å². The van der Waals surface area contributed by atoms with E-state index in [2.05, 4.69) is 40.9 Å². The normalized spacial score (nSPS) is 11.6. The van der Waals surface area contributed by atoms with Gasteiger partial charge in [-0.25, -0.2) is 0 Å². The van der Waals surface area contributed by atoms with E-state index < -0.39 is 0 Å². The number of nitrogens with one attached hydrogen (secondary N) is 2. The second-order valence-electron chi connectivity index (χ2n) is 4.99. The molecule has 25 heavy (non-hydrogen) atoms. The molecule has 0 aliphatic heterocycles. The summed E-state index contributed by atoms with van der Waals surface area (Å²) in [6, 6.07) is 7.15. The van der Waals surface area contributed by atoms with Crippen LogP contribution in [-0.2, 0) is 0 Å². The van der Waals surface area contributed by atoms with Crippen molar-refractivity contribution in [3.05, 3.63) is 30.0 Å². The van der Waals surface area contributed by atoms with E-state index in [1.165, 1.54) is 0 Å². The molecule has 0 spiro atoms. The number of methoxy groups -OCH3 is 1. The Morgan fingerprint density at radius 1 is 0.920 bits per heavy atom. The predicted molar refractivity (Wildman–Crippen MR) is 92.1 cm³/mol. The van der Waals surface area contributed by atoms with Crippen molar-refractivity contribution < 1.29 is 4.74 Å². The monoisotopic (exact) mass is 340 g/mol. The molecular weight excluding hydrogens is 324 g/mol. The standard InChI is InChI=1S/C14H16N10O/c1-7-10(19-18-8-3-5-9(25-2)6-4-8)14(23-17-7)24-20-11-12(15)21-22-13(11)16/h3-6H,1-2H3,(H,17,23)(H5,15,16,21,22). The van der Waals surface area contributed by atoms with Crippen LogP contribution in [0.2, 0.25) is 0 Å². The van der Waals surface area contributed by atoms with Gasteiger partial charge in [-0.3, -0.25) is 10.2 Å². The number of nitrogens with zero attached hydrogens (tertiary/aromatic N) is 6. The van der Waals surface area contributed by atoms with E-state index >= 15 is 0 Å². The minimum Gasteiger partial charge on any atom is -0.497 e. The Hall–Kier alpha value is -3.76. The molecule has 2 aromatic heterocycles. The van der Waals surface area contributed by atoms with Gasteiger partial charge in [-0.15, -0.1) is 15.3 Å². The molecule has 3 aromatic rings. The zero-order valence-electron chi connectivity index (χ0n) is 13.6. The van der Waals surface area contributed by atoms with Gasteiger partial charge in [0.05, 0.1) is 18.5 Å². The average Bonchev–Trinajstić information content (AvgIpc) is 3.14. The van der Waals surface area contributed by atoms with Crippen LogP contribution in [0.3, 0.4) is 0 Å². The fraction of sp³-hybridized carbons (Fsp3) is 0.143. The minimum atomic E-state index is 0.148. The highest BCUT2D eigenvalue weighted by molar-refractivity contribution is 5.70. The lowest BCUT2D eigenvalue weighted by molar-refractivity contribution is 0.415. The predicted octanol–water partition coefficient (Wildman–Crippen LogP) is 3.45. The second-order valence-corrected chi connectivity index (χ2v) is 4.99. The highest BCUT2D eigenvalue weighted by atomic mass is 16.5. The van der Waals surface area contributed by atoms with E-state index in [4.69, 9.17) is 16.2 Å². The van der Waals surface area contributed by atoms with Crippen LogP contribution in [0.1, 0.15) is 5.69 Å². The minimum absolute atomic E-state index is 0.148. The van der Waals surface area contributed by atoms with Crippen molar-refractivity contribution in [1.82, 2.24) is 20.4 Å². The van der Waals surface area contributed by atoms with Gasteiger partial charge in [0.1, 0.15) is 11.6 Å². The molecule has 128 valence electrons. The third-order valence-corrected chi connectivity index (χ3v) is 3.27. The summed E-state index contributed by atoms with van der Waals surface area (Å²) in [6.45, 7) is 1.80. The van der Waals surface area contributed by atoms with Crippen molar-refractivity contribution in [2.75, 3.05) is 18.6 Å². The topological polar surface area (TPSA) is 168 Å². The fourth-order valence-electron chi connectivity index (χ4n) is 1.92. The summed E-state index contributed by atoms with van der Waals surface area (Å²) in [4.78, 5) is 0. The number of aromatic nitrogens is 4. The van der Waals surface area contributed by atoms with Gasteiger partial charge in [0, 0.05) is 0 Å². The van der Waals surface area contributed by atoms with Gasteiger partial charge < -0.3 is 16.2 Å². The molecule has 0 radical (unpaired) electrons. The third-order valence-electron chi connectivity index (χ3n) is 3.27. The van der Waals surface area contributed by atoms with Gasteiger partial charge in [0.2, 0.25) is 5.82 Å². The molecule has 2 heterocycles. The van der Waals surface area contributed by atoms with E-state index in [-0.39, 0.29) is 23.1 Å². The first-order chi connectivity index (χ1) is 12.1. The van der Waals surface area contributed by atoms with Crippen molar-refractivity contribution in [2.24, 2.45) is 20.5 Å². The number of aryl methyl sites for hydroxylation is 1. The molecule has 0 atom stereocenters. The number of azo groups is 2. The van der Waals surface area contributed by atoms with Gasteiger partial charge in [-0.2, -0.15) is 15.3 Å². The number of nitrogens with two attached hydrogens (primary N) is 2. The average molecular weight is 340 g/mol. The molecule has 11 heteroatoms. The van der Waals surface area contributed by atoms with Gasteiger partial charge in [-0.05, 0) is 31.2 Å². The number of hydrogen-bond acceptors (Lipinski definition) is 9. The van der Waals surface area contributed by atoms with Crippen molar-refractivity contribution in [1.29, 1.82) is 0 Å². The first kappa shape index (κ1) is 16.1. The largest absolute Gasteiger partial charge is 0.497 e. The number of hydrogen-bond donors (Lipinski definition) is 4. The van der Waals surface area contributed by atoms with Crippen LogP contribution in [0.5, 0.6) is 5.75 Å². The maximum atomic E-state index is 5.67. The maximum Gasteiger partial charge on any atom is 0.223 e. The Kier molecular flexibility index (Phi) is 4.37. The number of benzene rings is 1. The summed E-state index contributed by atoms with van der Waals surface area (Å²) >= 11 is 0. The Balaban J connectivity index is 1.85. The van der Waals surface area contributed by atoms with Crippen molar-refractivity contribution in [3.63, 3.8) is 0 Å². The Labute approximate surface area is 142 Å². The van der Waals surface area contributed by atoms with Crippen LogP contribution in [0.4, 0.5) is 34.5 Å². The summed E-state index contributed by atoms with van der Waals surface area (Å²) < 4.78 is 5.10. The van der Waals surface area contributed by atoms with E-state index in [1.54, 1.807) is 38.3 Å². The highest BCUT2D eigenvalue weighted by Gasteiger charge is 2.11. The van der Waals surface area contributed by atoms with Crippen LogP contribution in [0, 0.1) is 6.92 Å². The lowest BCUT2D eigenvalue weighted by atomic mass is 10.3. The first-order valence-corrected chi connectivity index (χ1v) is 7.20. The Morgan fingerprint density at radius 2 is 1.64 bits per heavy atom. The molecule has 0 aliphatic carbocycles. The van der Waals surface area contributed by atoms with Gasteiger partial charge in [0.25, 0.3) is 0 Å². The fourth-order valence-corrected chi connectivity index (χ4v) is 1.92. The van der Waals surface area contributed by atoms with Gasteiger partial charge >= 0.3 is 0 Å². The summed E-state index contributed by atoms with van der Waals surface area (Å²) in [5.41, 5.74) is 13.4. The van der Waals surface area contributed by atoms with Gasteiger partial charge in [-0.1, -0.05) is 0 Å². The lowest BCUT2D eigenvalue weighted by Crippen LogP contribution is -1.84. The molecule has 3 rings (SSSR count). The molecule has 0 saturated heterocycles. The SMILES string of the molecule is COc1ccc(N=Nc2c(N=Nc3c(N)n[nH]c3N)n[nH]c2C)cc1. The maximum absolute atomic E-state index is 5.67. The number of aromatic amines is 2. The summed E-state index contributed by atoms with van der Waals surface area (Å²) in [5.74, 6) is 1.36. The second kappa shape index (κ2) is 6.78. The van der Waals surface area contributed by atoms with Crippen molar-refractivity contribution >= 4 is 34.5 Å². The Bertz CT molecular complexity index is 902. The van der Waals surface area contributed by atoms with Crippen molar-refractivity contribution in [2.45, 2.75) is 6.92 Å². The lowest BCUT2D eigenvalue weighted by Gasteiger charge is -1.98. The zero-order chi connectivity index (χ0) is 17.8. The molecule has 0 fully saturated rings. The highest BCUT2D eigenvalue weighted by Crippen LogP contribution is 2.34. The van der Waals surface area contributed by atoms with E-state index in [0.717, 1.165) is 5.75 Å². The molecule has 0 bridgehead atoms. The van der Waals surface area contributed by atoms with Crippen LogP contribution in [-0.4, -0.2) is 27.5 Å². The quantitative estimate of drug-likeness (QED) is 0.521. The number of H-pyrrole nitrogens is 2. The van der Waals surface area contributed by atoms with E-state index in [0.29, 0.717) is 17.1 Å². The third kappa shape index (κ3) is 3.44. The summed E-state index contributed by atoms with van der Waals surface area (Å²) in [5, 5.41) is 29.4.